The number of ether oxygens (including phenoxy) is 2. The van der Waals surface area contributed by atoms with Crippen LogP contribution in [0.25, 0.3) is 0 Å². The van der Waals surface area contributed by atoms with Gasteiger partial charge in [-0.3, -0.25) is 4.79 Å². The number of amides is 2. The fourth-order valence-electron chi connectivity index (χ4n) is 2.57. The van der Waals surface area contributed by atoms with E-state index in [0.717, 1.165) is 36.3 Å². The summed E-state index contributed by atoms with van der Waals surface area (Å²) in [7, 11) is 1.57. The van der Waals surface area contributed by atoms with Crippen molar-refractivity contribution in [3.63, 3.8) is 0 Å². The summed E-state index contributed by atoms with van der Waals surface area (Å²) < 4.78 is 11.5. The van der Waals surface area contributed by atoms with Gasteiger partial charge in [-0.25, -0.2) is 4.79 Å². The smallest absolute Gasteiger partial charge is 0.317 e. The highest BCUT2D eigenvalue weighted by atomic mass is 16.5. The molecule has 25 heavy (non-hydrogen) atoms. The maximum atomic E-state index is 12.0. The van der Waals surface area contributed by atoms with E-state index in [1.165, 1.54) is 4.90 Å². The van der Waals surface area contributed by atoms with Gasteiger partial charge in [-0.2, -0.15) is 0 Å². The Morgan fingerprint density at radius 1 is 1.44 bits per heavy atom. The van der Waals surface area contributed by atoms with Crippen molar-refractivity contribution in [3.05, 3.63) is 29.3 Å². The summed E-state index contributed by atoms with van der Waals surface area (Å²) in [5.41, 5.74) is 1.96. The van der Waals surface area contributed by atoms with Gasteiger partial charge in [-0.1, -0.05) is 12.1 Å². The van der Waals surface area contributed by atoms with E-state index in [-0.39, 0.29) is 25.1 Å². The van der Waals surface area contributed by atoms with Gasteiger partial charge in [0.2, 0.25) is 0 Å². The fourth-order valence-corrected chi connectivity index (χ4v) is 2.57. The summed E-state index contributed by atoms with van der Waals surface area (Å²) in [6.45, 7) is 3.76. The van der Waals surface area contributed by atoms with Crippen molar-refractivity contribution < 1.29 is 24.2 Å². The first-order valence-corrected chi connectivity index (χ1v) is 8.50. The van der Waals surface area contributed by atoms with Crippen LogP contribution < -0.4 is 10.1 Å². The zero-order chi connectivity index (χ0) is 18.2. The van der Waals surface area contributed by atoms with Crippen molar-refractivity contribution in [2.75, 3.05) is 26.8 Å². The molecule has 7 heteroatoms. The second-order valence-corrected chi connectivity index (χ2v) is 6.28. The van der Waals surface area contributed by atoms with E-state index in [1.54, 1.807) is 7.05 Å². The molecule has 1 aromatic carbocycles. The summed E-state index contributed by atoms with van der Waals surface area (Å²) in [6, 6.07) is 5.53. The molecule has 1 aliphatic heterocycles. The van der Waals surface area contributed by atoms with Crippen LogP contribution in [0.5, 0.6) is 5.75 Å². The van der Waals surface area contributed by atoms with E-state index in [9.17, 15) is 9.59 Å². The number of aryl methyl sites for hydroxylation is 1. The number of hydrogen-bond donors (Lipinski definition) is 2. The number of hydrogen-bond acceptors (Lipinski definition) is 4. The van der Waals surface area contributed by atoms with E-state index in [0.29, 0.717) is 13.2 Å². The number of aliphatic carboxylic acids is 1. The first-order chi connectivity index (χ1) is 12.0. The number of urea groups is 1. The number of nitrogens with one attached hydrogen (secondary N) is 1. The zero-order valence-electron chi connectivity index (χ0n) is 14.8. The molecule has 0 aromatic heterocycles. The molecule has 0 spiro atoms. The second kappa shape index (κ2) is 9.27. The number of carbonyl (C=O) groups excluding carboxylic acids is 1. The van der Waals surface area contributed by atoms with Gasteiger partial charge in [-0.05, 0) is 31.4 Å². The molecule has 1 aromatic rings. The zero-order valence-corrected chi connectivity index (χ0v) is 14.8. The van der Waals surface area contributed by atoms with Crippen molar-refractivity contribution in [1.29, 1.82) is 0 Å². The van der Waals surface area contributed by atoms with Gasteiger partial charge >= 0.3 is 12.0 Å². The summed E-state index contributed by atoms with van der Waals surface area (Å²) in [5, 5.41) is 11.5. The summed E-state index contributed by atoms with van der Waals surface area (Å²) in [4.78, 5) is 24.0. The van der Waals surface area contributed by atoms with Crippen LogP contribution in [0.2, 0.25) is 0 Å². The molecule has 1 fully saturated rings. The Morgan fingerprint density at radius 2 is 2.24 bits per heavy atom. The molecule has 1 saturated heterocycles. The van der Waals surface area contributed by atoms with Crippen LogP contribution in [0.4, 0.5) is 4.79 Å². The van der Waals surface area contributed by atoms with Gasteiger partial charge in [-0.15, -0.1) is 0 Å². The molecule has 2 amide bonds. The molecule has 0 aliphatic carbocycles. The molecule has 1 aliphatic rings. The molecule has 138 valence electrons. The lowest BCUT2D eigenvalue weighted by atomic mass is 10.1. The third kappa shape index (κ3) is 6.26. The Kier molecular flexibility index (Phi) is 7.06. The van der Waals surface area contributed by atoms with E-state index in [1.807, 2.05) is 25.1 Å². The molecule has 0 radical (unpaired) electrons. The van der Waals surface area contributed by atoms with Crippen molar-refractivity contribution in [2.45, 2.75) is 38.8 Å². The van der Waals surface area contributed by atoms with Crippen molar-refractivity contribution in [3.8, 4) is 5.75 Å². The molecule has 0 saturated carbocycles. The van der Waals surface area contributed by atoms with Crippen LogP contribution >= 0.6 is 0 Å². The van der Waals surface area contributed by atoms with E-state index in [2.05, 4.69) is 5.32 Å². The van der Waals surface area contributed by atoms with Gasteiger partial charge in [0.15, 0.2) is 0 Å². The summed E-state index contributed by atoms with van der Waals surface area (Å²) >= 11 is 0. The van der Waals surface area contributed by atoms with Gasteiger partial charge in [0.05, 0.1) is 12.5 Å². The number of nitrogens with zero attached hydrogens (tertiary/aromatic N) is 1. The highest BCUT2D eigenvalue weighted by molar-refractivity contribution is 5.75. The first-order valence-electron chi connectivity index (χ1n) is 8.50. The average molecular weight is 350 g/mol. The molecule has 0 bridgehead atoms. The number of carbonyl (C=O) groups is 2. The van der Waals surface area contributed by atoms with E-state index in [4.69, 9.17) is 14.6 Å². The van der Waals surface area contributed by atoms with Crippen molar-refractivity contribution in [2.24, 2.45) is 0 Å². The lowest BCUT2D eigenvalue weighted by Gasteiger charge is -2.19. The number of rotatable bonds is 8. The minimum Gasteiger partial charge on any atom is -0.491 e. The van der Waals surface area contributed by atoms with Crippen LogP contribution in [-0.2, 0) is 16.1 Å². The standard InChI is InChI=1S/C18H26N2O5/c1-13-5-6-14(11-19-18(23)20(2)8-7-17(21)22)16(10-13)25-12-15-4-3-9-24-15/h5-6,10,15H,3-4,7-9,11-12H2,1-2H3,(H,19,23)(H,21,22). The topological polar surface area (TPSA) is 88.1 Å². The SMILES string of the molecule is Cc1ccc(CNC(=O)N(C)CCC(=O)O)c(OCC2CCCO2)c1. The van der Waals surface area contributed by atoms with Crippen LogP contribution in [0, 0.1) is 6.92 Å². The predicted molar refractivity (Wildman–Crippen MR) is 92.8 cm³/mol. The van der Waals surface area contributed by atoms with Gasteiger partial charge in [0.25, 0.3) is 0 Å². The Bertz CT molecular complexity index is 599. The van der Waals surface area contributed by atoms with Gasteiger partial charge < -0.3 is 24.8 Å². The molecular formula is C18H26N2O5. The fraction of sp³-hybridized carbons (Fsp3) is 0.556. The third-order valence-corrected chi connectivity index (χ3v) is 4.11. The Labute approximate surface area is 147 Å². The largest absolute Gasteiger partial charge is 0.491 e. The highest BCUT2D eigenvalue weighted by Crippen LogP contribution is 2.22. The quantitative estimate of drug-likeness (QED) is 0.750. The molecule has 1 heterocycles. The summed E-state index contributed by atoms with van der Waals surface area (Å²) in [5.74, 6) is -0.188. The molecule has 1 atom stereocenters. The van der Waals surface area contributed by atoms with E-state index < -0.39 is 5.97 Å². The van der Waals surface area contributed by atoms with Crippen molar-refractivity contribution in [1.82, 2.24) is 10.2 Å². The molecule has 1 unspecified atom stereocenters. The lowest BCUT2D eigenvalue weighted by molar-refractivity contribution is -0.137. The van der Waals surface area contributed by atoms with Crippen LogP contribution in [0.3, 0.4) is 0 Å². The van der Waals surface area contributed by atoms with E-state index >= 15 is 0 Å². The predicted octanol–water partition coefficient (Wildman–Crippen LogP) is 2.17. The Balaban J connectivity index is 1.89. The highest BCUT2D eigenvalue weighted by Gasteiger charge is 2.17. The van der Waals surface area contributed by atoms with Crippen molar-refractivity contribution >= 4 is 12.0 Å². The molecule has 2 rings (SSSR count). The normalized spacial score (nSPS) is 16.5. The van der Waals surface area contributed by atoms with Crippen LogP contribution in [-0.4, -0.2) is 54.9 Å². The number of benzene rings is 1. The molecular weight excluding hydrogens is 324 g/mol. The minimum atomic E-state index is -0.928. The second-order valence-electron chi connectivity index (χ2n) is 6.28. The minimum absolute atomic E-state index is 0.0792. The lowest BCUT2D eigenvalue weighted by Crippen LogP contribution is -2.38. The molecule has 2 N–H and O–H groups in total. The Morgan fingerprint density at radius 3 is 2.92 bits per heavy atom. The number of carboxylic acids is 1. The maximum Gasteiger partial charge on any atom is 0.317 e. The monoisotopic (exact) mass is 350 g/mol. The van der Waals surface area contributed by atoms with Crippen LogP contribution in [0.1, 0.15) is 30.4 Å². The number of carboxylic acid groups (broad SMARTS) is 1. The van der Waals surface area contributed by atoms with Crippen LogP contribution in [0.15, 0.2) is 18.2 Å². The first kappa shape index (κ1) is 19.1. The summed E-state index contributed by atoms with van der Waals surface area (Å²) in [6.07, 6.45) is 2.12. The maximum absolute atomic E-state index is 12.0. The third-order valence-electron chi connectivity index (χ3n) is 4.11. The van der Waals surface area contributed by atoms with Gasteiger partial charge in [0.1, 0.15) is 12.4 Å². The average Bonchev–Trinajstić information content (AvgIpc) is 3.10. The van der Waals surface area contributed by atoms with Gasteiger partial charge in [0, 0.05) is 32.3 Å². The molecule has 7 nitrogen and oxygen atoms in total. The Hall–Kier alpha value is -2.28.